The predicted octanol–water partition coefficient (Wildman–Crippen LogP) is 1.08. The first-order valence-corrected chi connectivity index (χ1v) is 4.83. The molecule has 0 aliphatic carbocycles. The fourth-order valence-electron chi connectivity index (χ4n) is 0.816. The number of allylic oxidation sites excluding steroid dienone is 1. The molecule has 0 aliphatic heterocycles. The molecule has 0 aromatic carbocycles. The summed E-state index contributed by atoms with van der Waals surface area (Å²) in [5.74, 6) is 0. The topological polar surface area (TPSA) is 24.5 Å². The van der Waals surface area contributed by atoms with E-state index < -0.39 is 0 Å². The maximum Gasteiger partial charge on any atom is 0.0642 e. The molecule has 0 amide bonds. The zero-order valence-electron chi connectivity index (χ0n) is 9.10. The standard InChI is InChI=1S/C10H22N2O/c1-5-11-6-8-13-9-7-12(4)10(2)3/h11H,2,5-9H2,1,3-4H3. The molecule has 0 heterocycles. The number of ether oxygens (including phenoxy) is 1. The molecule has 0 aromatic rings. The Morgan fingerprint density at radius 2 is 2.15 bits per heavy atom. The van der Waals surface area contributed by atoms with Gasteiger partial charge in [0.05, 0.1) is 13.2 Å². The zero-order valence-corrected chi connectivity index (χ0v) is 9.10. The van der Waals surface area contributed by atoms with Gasteiger partial charge < -0.3 is 15.0 Å². The number of nitrogens with zero attached hydrogens (tertiary/aromatic N) is 1. The smallest absolute Gasteiger partial charge is 0.0642 e. The van der Waals surface area contributed by atoms with Gasteiger partial charge in [-0.3, -0.25) is 0 Å². The van der Waals surface area contributed by atoms with Crippen LogP contribution in [0.3, 0.4) is 0 Å². The molecule has 0 fully saturated rings. The van der Waals surface area contributed by atoms with Gasteiger partial charge in [0.2, 0.25) is 0 Å². The first-order valence-electron chi connectivity index (χ1n) is 4.83. The van der Waals surface area contributed by atoms with E-state index in [1.807, 2.05) is 14.0 Å². The number of hydrogen-bond acceptors (Lipinski definition) is 3. The number of nitrogens with one attached hydrogen (secondary N) is 1. The fourth-order valence-corrected chi connectivity index (χ4v) is 0.816. The molecule has 0 bridgehead atoms. The van der Waals surface area contributed by atoms with Crippen molar-refractivity contribution in [3.63, 3.8) is 0 Å². The highest BCUT2D eigenvalue weighted by atomic mass is 16.5. The second-order valence-electron chi connectivity index (χ2n) is 3.12. The maximum atomic E-state index is 5.41. The average Bonchev–Trinajstić information content (AvgIpc) is 2.10. The fraction of sp³-hybridized carbons (Fsp3) is 0.800. The van der Waals surface area contributed by atoms with Crippen LogP contribution in [0, 0.1) is 0 Å². The van der Waals surface area contributed by atoms with Crippen molar-refractivity contribution in [1.29, 1.82) is 0 Å². The lowest BCUT2D eigenvalue weighted by atomic mass is 10.5. The molecule has 0 spiro atoms. The molecule has 1 N–H and O–H groups in total. The normalized spacial score (nSPS) is 10.1. The molecular weight excluding hydrogens is 164 g/mol. The highest BCUT2D eigenvalue weighted by molar-refractivity contribution is 4.85. The average molecular weight is 186 g/mol. The van der Waals surface area contributed by atoms with Crippen LogP contribution in [0.15, 0.2) is 12.3 Å². The van der Waals surface area contributed by atoms with Crippen LogP contribution in [0.2, 0.25) is 0 Å². The van der Waals surface area contributed by atoms with Crippen LogP contribution >= 0.6 is 0 Å². The summed E-state index contributed by atoms with van der Waals surface area (Å²) in [5, 5.41) is 3.20. The van der Waals surface area contributed by atoms with Crippen LogP contribution in [-0.2, 0) is 4.74 Å². The first kappa shape index (κ1) is 12.5. The Hall–Kier alpha value is -0.540. The van der Waals surface area contributed by atoms with Crippen molar-refractivity contribution in [3.8, 4) is 0 Å². The summed E-state index contributed by atoms with van der Waals surface area (Å²) in [4.78, 5) is 2.09. The molecule has 0 rings (SSSR count). The Kier molecular flexibility index (Phi) is 7.74. The highest BCUT2D eigenvalue weighted by Gasteiger charge is 1.95. The van der Waals surface area contributed by atoms with Crippen LogP contribution in [0.1, 0.15) is 13.8 Å². The summed E-state index contributed by atoms with van der Waals surface area (Å²) in [6, 6.07) is 0. The molecule has 13 heavy (non-hydrogen) atoms. The molecule has 3 nitrogen and oxygen atoms in total. The van der Waals surface area contributed by atoms with Gasteiger partial charge in [-0.05, 0) is 13.5 Å². The van der Waals surface area contributed by atoms with Gasteiger partial charge in [0.25, 0.3) is 0 Å². The summed E-state index contributed by atoms with van der Waals surface area (Å²) in [6.07, 6.45) is 0. The van der Waals surface area contributed by atoms with Gasteiger partial charge in [-0.25, -0.2) is 0 Å². The number of likely N-dealkylation sites (N-methyl/N-ethyl adjacent to an activating group) is 2. The second-order valence-corrected chi connectivity index (χ2v) is 3.12. The minimum Gasteiger partial charge on any atom is -0.378 e. The Balaban J connectivity index is 3.11. The zero-order chi connectivity index (χ0) is 10.1. The van der Waals surface area contributed by atoms with Crippen molar-refractivity contribution in [2.24, 2.45) is 0 Å². The molecule has 0 saturated carbocycles. The van der Waals surface area contributed by atoms with E-state index >= 15 is 0 Å². The minimum absolute atomic E-state index is 0.773. The van der Waals surface area contributed by atoms with E-state index in [1.54, 1.807) is 0 Å². The van der Waals surface area contributed by atoms with Gasteiger partial charge in [-0.1, -0.05) is 13.5 Å². The van der Waals surface area contributed by atoms with Crippen molar-refractivity contribution in [3.05, 3.63) is 12.3 Å². The van der Waals surface area contributed by atoms with Crippen molar-refractivity contribution in [2.45, 2.75) is 13.8 Å². The second kappa shape index (κ2) is 8.08. The van der Waals surface area contributed by atoms with E-state index in [4.69, 9.17) is 4.74 Å². The van der Waals surface area contributed by atoms with Crippen molar-refractivity contribution >= 4 is 0 Å². The predicted molar refractivity (Wildman–Crippen MR) is 56.8 cm³/mol. The molecule has 78 valence electrons. The third-order valence-corrected chi connectivity index (χ3v) is 1.90. The van der Waals surface area contributed by atoms with Gasteiger partial charge in [0.15, 0.2) is 0 Å². The van der Waals surface area contributed by atoms with Crippen LogP contribution < -0.4 is 5.32 Å². The van der Waals surface area contributed by atoms with Crippen molar-refractivity contribution in [1.82, 2.24) is 10.2 Å². The van der Waals surface area contributed by atoms with E-state index in [1.165, 1.54) is 0 Å². The number of hydrogen-bond donors (Lipinski definition) is 1. The largest absolute Gasteiger partial charge is 0.378 e. The molecule has 0 aromatic heterocycles. The summed E-state index contributed by atoms with van der Waals surface area (Å²) in [6.45, 7) is 12.4. The van der Waals surface area contributed by atoms with Crippen molar-refractivity contribution < 1.29 is 4.74 Å². The third kappa shape index (κ3) is 7.81. The Morgan fingerprint density at radius 1 is 1.46 bits per heavy atom. The molecule has 0 unspecified atom stereocenters. The van der Waals surface area contributed by atoms with Gasteiger partial charge in [-0.15, -0.1) is 0 Å². The highest BCUT2D eigenvalue weighted by Crippen LogP contribution is 1.94. The van der Waals surface area contributed by atoms with Crippen LogP contribution in [-0.4, -0.2) is 44.8 Å². The minimum atomic E-state index is 0.773. The van der Waals surface area contributed by atoms with E-state index in [0.717, 1.165) is 38.5 Å². The Morgan fingerprint density at radius 3 is 2.69 bits per heavy atom. The van der Waals surface area contributed by atoms with E-state index in [-0.39, 0.29) is 0 Å². The molecule has 0 atom stereocenters. The monoisotopic (exact) mass is 186 g/mol. The van der Waals surface area contributed by atoms with E-state index in [0.29, 0.717) is 0 Å². The lowest BCUT2D eigenvalue weighted by Crippen LogP contribution is -2.24. The van der Waals surface area contributed by atoms with Gasteiger partial charge in [-0.2, -0.15) is 0 Å². The SMILES string of the molecule is C=C(C)N(C)CCOCCNCC. The molecule has 0 aliphatic rings. The summed E-state index contributed by atoms with van der Waals surface area (Å²) in [5.41, 5.74) is 1.08. The summed E-state index contributed by atoms with van der Waals surface area (Å²) >= 11 is 0. The third-order valence-electron chi connectivity index (χ3n) is 1.90. The number of rotatable bonds is 8. The lowest BCUT2D eigenvalue weighted by molar-refractivity contribution is 0.121. The lowest BCUT2D eigenvalue weighted by Gasteiger charge is -2.18. The Bertz CT molecular complexity index is 137. The van der Waals surface area contributed by atoms with Gasteiger partial charge >= 0.3 is 0 Å². The Labute approximate surface area is 81.8 Å². The van der Waals surface area contributed by atoms with Crippen LogP contribution in [0.5, 0.6) is 0 Å². The molecule has 0 saturated heterocycles. The van der Waals surface area contributed by atoms with Crippen molar-refractivity contribution in [2.75, 3.05) is 39.9 Å². The summed E-state index contributed by atoms with van der Waals surface area (Å²) in [7, 11) is 2.02. The van der Waals surface area contributed by atoms with E-state index in [9.17, 15) is 0 Å². The first-order chi connectivity index (χ1) is 6.18. The molecular formula is C10H22N2O. The van der Waals surface area contributed by atoms with Crippen LogP contribution in [0.4, 0.5) is 0 Å². The molecule has 0 radical (unpaired) electrons. The molecule has 3 heteroatoms. The summed E-state index contributed by atoms with van der Waals surface area (Å²) < 4.78 is 5.41. The van der Waals surface area contributed by atoms with E-state index in [2.05, 4.69) is 23.7 Å². The van der Waals surface area contributed by atoms with Crippen LogP contribution in [0.25, 0.3) is 0 Å². The van der Waals surface area contributed by atoms with Gasteiger partial charge in [0, 0.05) is 25.8 Å². The maximum absolute atomic E-state index is 5.41. The van der Waals surface area contributed by atoms with Gasteiger partial charge in [0.1, 0.15) is 0 Å². The quantitative estimate of drug-likeness (QED) is 0.574.